The van der Waals surface area contributed by atoms with E-state index >= 15 is 0 Å². The number of amides is 1. The maximum Gasteiger partial charge on any atom is 0.259 e. The minimum absolute atomic E-state index is 0.249. The molecule has 2 N–H and O–H groups in total. The molecule has 1 amide bonds. The summed E-state index contributed by atoms with van der Waals surface area (Å²) in [5, 5.41) is 10.3. The number of aliphatic imine (C=N–C) groups is 1. The quantitative estimate of drug-likeness (QED) is 0.760. The topological polar surface area (TPSA) is 80.5 Å². The summed E-state index contributed by atoms with van der Waals surface area (Å²) in [4.78, 5) is 17.1. The number of fused-ring (bicyclic) bond motifs is 1. The lowest BCUT2D eigenvalue weighted by molar-refractivity contribution is 0.102. The number of benzene rings is 2. The lowest BCUT2D eigenvalue weighted by Gasteiger charge is -2.15. The smallest absolute Gasteiger partial charge is 0.259 e. The maximum absolute atomic E-state index is 12.7. The normalized spacial score (nSPS) is 12.2. The zero-order chi connectivity index (χ0) is 17.9. The van der Waals surface area contributed by atoms with Crippen LogP contribution < -0.4 is 15.4 Å². The lowest BCUT2D eigenvalue weighted by Crippen LogP contribution is -2.15. The second-order valence-corrected chi connectivity index (χ2v) is 5.72. The van der Waals surface area contributed by atoms with Crippen LogP contribution >= 0.6 is 0 Å². The minimum Gasteiger partial charge on any atom is -0.494 e. The molecule has 2 heterocycles. The average molecular weight is 347 g/mol. The zero-order valence-electron chi connectivity index (χ0n) is 14.1. The molecule has 26 heavy (non-hydrogen) atoms. The summed E-state index contributed by atoms with van der Waals surface area (Å²) in [5.41, 5.74) is 2.79. The SMILES string of the molecule is COc1c(C(=O)Nc2ccccc2)cccc1-n1ncc2c1N=CNC2. The molecule has 0 radical (unpaired) electrons. The fourth-order valence-corrected chi connectivity index (χ4v) is 2.88. The Morgan fingerprint density at radius 2 is 2.04 bits per heavy atom. The molecule has 7 heteroatoms. The van der Waals surface area contributed by atoms with Gasteiger partial charge in [-0.15, -0.1) is 0 Å². The van der Waals surface area contributed by atoms with E-state index in [1.54, 1.807) is 36.5 Å². The second-order valence-electron chi connectivity index (χ2n) is 5.72. The highest BCUT2D eigenvalue weighted by molar-refractivity contribution is 6.07. The number of carbonyl (C=O) groups excluding carboxylic acids is 1. The lowest BCUT2D eigenvalue weighted by atomic mass is 10.1. The monoisotopic (exact) mass is 347 g/mol. The van der Waals surface area contributed by atoms with E-state index in [2.05, 4.69) is 20.7 Å². The van der Waals surface area contributed by atoms with Gasteiger partial charge in [-0.05, 0) is 24.3 Å². The molecule has 0 bridgehead atoms. The van der Waals surface area contributed by atoms with Crippen LogP contribution in [0.1, 0.15) is 15.9 Å². The van der Waals surface area contributed by atoms with E-state index in [1.165, 1.54) is 0 Å². The van der Waals surface area contributed by atoms with Crippen LogP contribution in [-0.2, 0) is 6.54 Å². The molecule has 0 unspecified atom stereocenters. The molecule has 0 fully saturated rings. The third kappa shape index (κ3) is 2.79. The summed E-state index contributed by atoms with van der Waals surface area (Å²) >= 11 is 0. The van der Waals surface area contributed by atoms with Gasteiger partial charge in [0.2, 0.25) is 0 Å². The number of hydrogen-bond acceptors (Lipinski definition) is 5. The van der Waals surface area contributed by atoms with Crippen LogP contribution in [0.5, 0.6) is 5.75 Å². The van der Waals surface area contributed by atoms with Gasteiger partial charge in [-0.25, -0.2) is 9.67 Å². The van der Waals surface area contributed by atoms with Gasteiger partial charge in [0.05, 0.1) is 25.2 Å². The Hall–Kier alpha value is -3.61. The van der Waals surface area contributed by atoms with Gasteiger partial charge in [0.15, 0.2) is 11.6 Å². The fourth-order valence-electron chi connectivity index (χ4n) is 2.88. The van der Waals surface area contributed by atoms with Gasteiger partial charge in [0.1, 0.15) is 5.69 Å². The van der Waals surface area contributed by atoms with Crippen molar-refractivity contribution in [3.05, 3.63) is 65.9 Å². The predicted octanol–water partition coefficient (Wildman–Crippen LogP) is 2.90. The number of nitrogens with zero attached hydrogens (tertiary/aromatic N) is 3. The van der Waals surface area contributed by atoms with Gasteiger partial charge >= 0.3 is 0 Å². The fraction of sp³-hybridized carbons (Fsp3) is 0.105. The van der Waals surface area contributed by atoms with Crippen molar-refractivity contribution in [1.29, 1.82) is 0 Å². The Labute approximate surface area is 150 Å². The van der Waals surface area contributed by atoms with Crippen molar-refractivity contribution in [2.75, 3.05) is 12.4 Å². The Kier molecular flexibility index (Phi) is 4.10. The third-order valence-corrected chi connectivity index (χ3v) is 4.09. The molecule has 1 aliphatic heterocycles. The largest absolute Gasteiger partial charge is 0.494 e. The molecule has 7 nitrogen and oxygen atoms in total. The number of hydrogen-bond donors (Lipinski definition) is 2. The molecule has 4 rings (SSSR count). The zero-order valence-corrected chi connectivity index (χ0v) is 14.1. The molecule has 1 aromatic heterocycles. The maximum atomic E-state index is 12.7. The van der Waals surface area contributed by atoms with Gasteiger partial charge in [0, 0.05) is 17.8 Å². The van der Waals surface area contributed by atoms with Gasteiger partial charge in [-0.3, -0.25) is 4.79 Å². The van der Waals surface area contributed by atoms with Crippen molar-refractivity contribution < 1.29 is 9.53 Å². The number of para-hydroxylation sites is 2. The molecule has 1 aliphatic rings. The number of aromatic nitrogens is 2. The van der Waals surface area contributed by atoms with E-state index in [0.717, 1.165) is 17.1 Å². The average Bonchev–Trinajstić information content (AvgIpc) is 3.12. The third-order valence-electron chi connectivity index (χ3n) is 4.09. The Morgan fingerprint density at radius 1 is 1.19 bits per heavy atom. The standard InChI is InChI=1S/C19H17N5O2/c1-26-17-15(19(25)23-14-6-3-2-4-7-14)8-5-9-16(17)24-18-13(11-22-24)10-20-12-21-18/h2-9,11-12H,10H2,1H3,(H,20,21)(H,23,25). The van der Waals surface area contributed by atoms with Crippen molar-refractivity contribution in [3.8, 4) is 11.4 Å². The summed E-state index contributed by atoms with van der Waals surface area (Å²) in [6.45, 7) is 0.662. The van der Waals surface area contributed by atoms with Crippen LogP contribution in [-0.4, -0.2) is 29.1 Å². The van der Waals surface area contributed by atoms with Crippen molar-refractivity contribution in [2.24, 2.45) is 4.99 Å². The van der Waals surface area contributed by atoms with Crippen LogP contribution in [0.2, 0.25) is 0 Å². The highest BCUT2D eigenvalue weighted by Gasteiger charge is 2.21. The first-order valence-electron chi connectivity index (χ1n) is 8.14. The number of anilines is 1. The molecule has 0 atom stereocenters. The van der Waals surface area contributed by atoms with E-state index in [9.17, 15) is 4.79 Å². The molecule has 0 spiro atoms. The molecule has 0 aliphatic carbocycles. The number of carbonyl (C=O) groups is 1. The number of ether oxygens (including phenoxy) is 1. The number of methoxy groups -OCH3 is 1. The highest BCUT2D eigenvalue weighted by Crippen LogP contribution is 2.32. The first kappa shape index (κ1) is 15.9. The molecule has 0 saturated heterocycles. The number of rotatable bonds is 4. The molecule has 0 saturated carbocycles. The van der Waals surface area contributed by atoms with E-state index in [0.29, 0.717) is 23.5 Å². The van der Waals surface area contributed by atoms with Gasteiger partial charge in [-0.2, -0.15) is 5.10 Å². The van der Waals surface area contributed by atoms with Crippen LogP contribution in [0, 0.1) is 0 Å². The summed E-state index contributed by atoms with van der Waals surface area (Å²) in [7, 11) is 1.54. The van der Waals surface area contributed by atoms with Crippen molar-refractivity contribution in [1.82, 2.24) is 15.1 Å². The number of nitrogens with one attached hydrogen (secondary N) is 2. The van der Waals surface area contributed by atoms with Gasteiger partial charge in [0.25, 0.3) is 5.91 Å². The predicted molar refractivity (Wildman–Crippen MR) is 99.5 cm³/mol. The van der Waals surface area contributed by atoms with E-state index in [-0.39, 0.29) is 5.91 Å². The summed E-state index contributed by atoms with van der Waals surface area (Å²) in [6, 6.07) is 14.7. The highest BCUT2D eigenvalue weighted by atomic mass is 16.5. The van der Waals surface area contributed by atoms with Gasteiger partial charge in [-0.1, -0.05) is 24.3 Å². The summed E-state index contributed by atoms with van der Waals surface area (Å²) in [5.74, 6) is 0.921. The van der Waals surface area contributed by atoms with Crippen LogP contribution in [0.15, 0.2) is 59.7 Å². The van der Waals surface area contributed by atoms with Crippen LogP contribution in [0.3, 0.4) is 0 Å². The van der Waals surface area contributed by atoms with Crippen molar-refractivity contribution >= 4 is 23.8 Å². The summed E-state index contributed by atoms with van der Waals surface area (Å²) in [6.07, 6.45) is 3.40. The minimum atomic E-state index is -0.249. The van der Waals surface area contributed by atoms with E-state index in [4.69, 9.17) is 4.74 Å². The molecular weight excluding hydrogens is 330 g/mol. The van der Waals surface area contributed by atoms with Gasteiger partial charge < -0.3 is 15.4 Å². The van der Waals surface area contributed by atoms with Crippen LogP contribution in [0.4, 0.5) is 11.5 Å². The second kappa shape index (κ2) is 6.72. The molecule has 2 aromatic carbocycles. The summed E-state index contributed by atoms with van der Waals surface area (Å²) < 4.78 is 7.25. The molecular formula is C19H17N5O2. The van der Waals surface area contributed by atoms with Crippen molar-refractivity contribution in [2.45, 2.75) is 6.54 Å². The first-order valence-corrected chi connectivity index (χ1v) is 8.14. The molecule has 3 aromatic rings. The van der Waals surface area contributed by atoms with E-state index < -0.39 is 0 Å². The first-order chi connectivity index (χ1) is 12.8. The van der Waals surface area contributed by atoms with E-state index in [1.807, 2.05) is 36.4 Å². The Bertz CT molecular complexity index is 979. The molecule has 130 valence electrons. The Morgan fingerprint density at radius 3 is 2.85 bits per heavy atom. The van der Waals surface area contributed by atoms with Crippen LogP contribution in [0.25, 0.3) is 5.69 Å². The Balaban J connectivity index is 1.74. The van der Waals surface area contributed by atoms with Crippen molar-refractivity contribution in [3.63, 3.8) is 0 Å².